The molecule has 2 atom stereocenters. The number of hydrogen-bond donors (Lipinski definition) is 0. The molecular weight excluding hydrogens is 526 g/mol. The maximum Gasteiger partial charge on any atom is 0.410 e. The van der Waals surface area contributed by atoms with E-state index in [2.05, 4.69) is 0 Å². The van der Waals surface area contributed by atoms with E-state index in [0.717, 1.165) is 12.8 Å². The minimum Gasteiger partial charge on any atom is -0.493 e. The number of carbonyl (C=O) groups excluding carboxylic acids is 3. The van der Waals surface area contributed by atoms with Gasteiger partial charge in [0.25, 0.3) is 5.91 Å². The lowest BCUT2D eigenvalue weighted by Crippen LogP contribution is -2.44. The fourth-order valence-electron chi connectivity index (χ4n) is 5.17. The molecule has 0 radical (unpaired) electrons. The second kappa shape index (κ2) is 14.2. The zero-order valence-corrected chi connectivity index (χ0v) is 26.1. The fourth-order valence-corrected chi connectivity index (χ4v) is 5.17. The lowest BCUT2D eigenvalue weighted by Gasteiger charge is -2.32. The van der Waals surface area contributed by atoms with Crippen molar-refractivity contribution >= 4 is 17.9 Å². The molecule has 10 nitrogen and oxygen atoms in total. The van der Waals surface area contributed by atoms with Gasteiger partial charge in [0.2, 0.25) is 5.91 Å². The molecule has 0 aromatic heterocycles. The molecule has 2 aliphatic rings. The van der Waals surface area contributed by atoms with E-state index >= 15 is 0 Å². The number of nitrogens with zero attached hydrogens (tertiary/aromatic N) is 3. The number of carbonyl (C=O) groups is 3. The molecule has 1 aliphatic carbocycles. The van der Waals surface area contributed by atoms with Gasteiger partial charge in [-0.15, -0.1) is 0 Å². The molecule has 3 rings (SSSR count). The molecule has 1 saturated carbocycles. The quantitative estimate of drug-likeness (QED) is 0.323. The van der Waals surface area contributed by atoms with E-state index in [0.29, 0.717) is 62.9 Å². The van der Waals surface area contributed by atoms with Crippen LogP contribution in [-0.4, -0.2) is 105 Å². The SMILES string of the molecule is COCCCOc1cc(C(=O)N(CC2CN(C(=O)OC(C)(C)C)CC2CN(C)C(=O)C2CC2)C(C)C)ccc1OC. The summed E-state index contributed by atoms with van der Waals surface area (Å²) in [5, 5.41) is 0. The van der Waals surface area contributed by atoms with Gasteiger partial charge in [-0.05, 0) is 65.7 Å². The molecule has 1 aromatic rings. The summed E-state index contributed by atoms with van der Waals surface area (Å²) in [6, 6.07) is 5.14. The molecule has 10 heteroatoms. The van der Waals surface area contributed by atoms with Crippen LogP contribution < -0.4 is 9.47 Å². The van der Waals surface area contributed by atoms with Crippen LogP contribution in [0.15, 0.2) is 18.2 Å². The molecule has 1 aromatic carbocycles. The Kier molecular flexibility index (Phi) is 11.3. The van der Waals surface area contributed by atoms with Crippen molar-refractivity contribution in [3.8, 4) is 11.5 Å². The van der Waals surface area contributed by atoms with E-state index in [-0.39, 0.29) is 41.7 Å². The Morgan fingerprint density at radius 1 is 1.00 bits per heavy atom. The highest BCUT2D eigenvalue weighted by Crippen LogP contribution is 2.33. The zero-order valence-electron chi connectivity index (χ0n) is 26.1. The average Bonchev–Trinajstić information content (AvgIpc) is 3.68. The van der Waals surface area contributed by atoms with Gasteiger partial charge in [0.05, 0.1) is 13.7 Å². The van der Waals surface area contributed by atoms with E-state index in [1.54, 1.807) is 42.2 Å². The van der Waals surface area contributed by atoms with Crippen LogP contribution in [0.25, 0.3) is 0 Å². The molecule has 0 N–H and O–H groups in total. The van der Waals surface area contributed by atoms with Crippen LogP contribution in [0, 0.1) is 17.8 Å². The van der Waals surface area contributed by atoms with E-state index in [1.807, 2.05) is 46.6 Å². The van der Waals surface area contributed by atoms with Crippen molar-refractivity contribution in [1.82, 2.24) is 14.7 Å². The number of likely N-dealkylation sites (tertiary alicyclic amines) is 1. The minimum atomic E-state index is -0.610. The molecule has 1 heterocycles. The smallest absolute Gasteiger partial charge is 0.410 e. The van der Waals surface area contributed by atoms with Gasteiger partial charge in [0, 0.05) is 82.7 Å². The Balaban J connectivity index is 1.79. The molecule has 3 amide bonds. The third-order valence-electron chi connectivity index (χ3n) is 7.52. The molecule has 0 spiro atoms. The minimum absolute atomic E-state index is 0.0137. The number of hydrogen-bond acceptors (Lipinski definition) is 7. The van der Waals surface area contributed by atoms with Crippen molar-refractivity contribution in [2.45, 2.75) is 65.5 Å². The summed E-state index contributed by atoms with van der Waals surface area (Å²) in [4.78, 5) is 45.0. The van der Waals surface area contributed by atoms with Crippen LogP contribution in [0.3, 0.4) is 0 Å². The summed E-state index contributed by atoms with van der Waals surface area (Å²) >= 11 is 0. The molecule has 2 fully saturated rings. The predicted octanol–water partition coefficient (Wildman–Crippen LogP) is 4.31. The summed E-state index contributed by atoms with van der Waals surface area (Å²) in [7, 11) is 5.05. The van der Waals surface area contributed by atoms with Gasteiger partial charge in [-0.1, -0.05) is 0 Å². The molecule has 1 aliphatic heterocycles. The van der Waals surface area contributed by atoms with Gasteiger partial charge in [-0.25, -0.2) is 4.79 Å². The van der Waals surface area contributed by atoms with Crippen LogP contribution in [0.2, 0.25) is 0 Å². The topological polar surface area (TPSA) is 97.9 Å². The summed E-state index contributed by atoms with van der Waals surface area (Å²) < 4.78 is 22.1. The molecule has 0 bridgehead atoms. The second-order valence-electron chi connectivity index (χ2n) is 12.5. The van der Waals surface area contributed by atoms with Crippen LogP contribution in [0.4, 0.5) is 4.79 Å². The molecule has 2 unspecified atom stereocenters. The van der Waals surface area contributed by atoms with Crippen LogP contribution in [-0.2, 0) is 14.3 Å². The van der Waals surface area contributed by atoms with Gasteiger partial charge in [0.15, 0.2) is 11.5 Å². The summed E-state index contributed by atoms with van der Waals surface area (Å²) in [6.45, 7) is 12.4. The van der Waals surface area contributed by atoms with E-state index < -0.39 is 5.60 Å². The van der Waals surface area contributed by atoms with Crippen molar-refractivity contribution in [2.75, 3.05) is 60.7 Å². The first-order valence-electron chi connectivity index (χ1n) is 14.7. The van der Waals surface area contributed by atoms with Crippen molar-refractivity contribution in [3.05, 3.63) is 23.8 Å². The molecule has 230 valence electrons. The third kappa shape index (κ3) is 9.24. The van der Waals surface area contributed by atoms with Crippen LogP contribution in [0.5, 0.6) is 11.5 Å². The highest BCUT2D eigenvalue weighted by atomic mass is 16.6. The summed E-state index contributed by atoms with van der Waals surface area (Å²) in [6.07, 6.45) is 2.23. The third-order valence-corrected chi connectivity index (χ3v) is 7.52. The molecule has 1 saturated heterocycles. The standard InChI is InChI=1S/C31H49N3O7/c1-21(2)34(29(36)23-12-13-26(39-8)27(16-23)40-15-9-14-38-7)20-25-19-33(30(37)41-31(3,4)5)18-24(25)17-32(6)28(35)22-10-11-22/h12-13,16,21-22,24-25H,9-11,14-15,17-20H2,1-8H3. The maximum absolute atomic E-state index is 13.9. The Labute approximate surface area is 245 Å². The van der Waals surface area contributed by atoms with Crippen molar-refractivity contribution in [2.24, 2.45) is 17.8 Å². The van der Waals surface area contributed by atoms with Crippen molar-refractivity contribution in [3.63, 3.8) is 0 Å². The average molecular weight is 576 g/mol. The molecule has 41 heavy (non-hydrogen) atoms. The highest BCUT2D eigenvalue weighted by molar-refractivity contribution is 5.95. The Hall–Kier alpha value is -3.01. The van der Waals surface area contributed by atoms with Gasteiger partial charge in [0.1, 0.15) is 5.60 Å². The van der Waals surface area contributed by atoms with E-state index in [9.17, 15) is 14.4 Å². The fraction of sp³-hybridized carbons (Fsp3) is 0.710. The summed E-state index contributed by atoms with van der Waals surface area (Å²) in [5.41, 5.74) is -0.109. The summed E-state index contributed by atoms with van der Waals surface area (Å²) in [5.74, 6) is 1.21. The van der Waals surface area contributed by atoms with E-state index in [4.69, 9.17) is 18.9 Å². The maximum atomic E-state index is 13.9. The van der Waals surface area contributed by atoms with Gasteiger partial charge in [-0.2, -0.15) is 0 Å². The number of methoxy groups -OCH3 is 2. The Morgan fingerprint density at radius 2 is 1.66 bits per heavy atom. The van der Waals surface area contributed by atoms with E-state index in [1.165, 1.54) is 0 Å². The number of ether oxygens (including phenoxy) is 4. The molecular formula is C31H49N3O7. The predicted molar refractivity (Wildman–Crippen MR) is 156 cm³/mol. The lowest BCUT2D eigenvalue weighted by atomic mass is 9.94. The van der Waals surface area contributed by atoms with Crippen molar-refractivity contribution in [1.29, 1.82) is 0 Å². The lowest BCUT2D eigenvalue weighted by molar-refractivity contribution is -0.131. The van der Waals surface area contributed by atoms with Crippen LogP contribution >= 0.6 is 0 Å². The van der Waals surface area contributed by atoms with Gasteiger partial charge < -0.3 is 33.6 Å². The Morgan fingerprint density at radius 3 is 2.22 bits per heavy atom. The van der Waals surface area contributed by atoms with Crippen LogP contribution in [0.1, 0.15) is 64.2 Å². The first-order valence-corrected chi connectivity index (χ1v) is 14.7. The van der Waals surface area contributed by atoms with Crippen molar-refractivity contribution < 1.29 is 33.3 Å². The highest BCUT2D eigenvalue weighted by Gasteiger charge is 2.41. The zero-order chi connectivity index (χ0) is 30.3. The first kappa shape index (κ1) is 32.5. The normalized spacial score (nSPS) is 18.8. The second-order valence-corrected chi connectivity index (χ2v) is 12.5. The Bertz CT molecular complexity index is 1050. The first-order chi connectivity index (χ1) is 19.3. The largest absolute Gasteiger partial charge is 0.493 e. The van der Waals surface area contributed by atoms with Gasteiger partial charge >= 0.3 is 6.09 Å². The monoisotopic (exact) mass is 575 g/mol. The number of rotatable bonds is 13. The number of amides is 3. The van der Waals surface area contributed by atoms with Gasteiger partial charge in [-0.3, -0.25) is 9.59 Å². The number of benzene rings is 1.